The van der Waals surface area contributed by atoms with Gasteiger partial charge in [-0.3, -0.25) is 24.2 Å². The summed E-state index contributed by atoms with van der Waals surface area (Å²) in [6.45, 7) is 6.28. The first-order valence-corrected chi connectivity index (χ1v) is 10.5. The van der Waals surface area contributed by atoms with Gasteiger partial charge in [0, 0.05) is 18.7 Å². The molecule has 0 aliphatic heterocycles. The Morgan fingerprint density at radius 2 is 1.72 bits per heavy atom. The van der Waals surface area contributed by atoms with E-state index in [2.05, 4.69) is 20.9 Å². The molecule has 3 amide bonds. The predicted molar refractivity (Wildman–Crippen MR) is 121 cm³/mol. The van der Waals surface area contributed by atoms with Gasteiger partial charge in [-0.05, 0) is 36.6 Å². The summed E-state index contributed by atoms with van der Waals surface area (Å²) < 4.78 is 0. The number of rotatable bonds is 10. The third kappa shape index (κ3) is 7.61. The van der Waals surface area contributed by atoms with E-state index in [9.17, 15) is 19.2 Å². The normalized spacial score (nSPS) is 12.5. The van der Waals surface area contributed by atoms with E-state index in [1.165, 1.54) is 6.92 Å². The van der Waals surface area contributed by atoms with Crippen LogP contribution in [0.5, 0.6) is 0 Å². The van der Waals surface area contributed by atoms with Crippen molar-refractivity contribution < 1.29 is 19.2 Å². The quantitative estimate of drug-likeness (QED) is 0.521. The fraction of sp³-hybridized carbons (Fsp3) is 0.375. The first kappa shape index (κ1) is 24.7. The fourth-order valence-electron chi connectivity index (χ4n) is 3.10. The topological polar surface area (TPSA) is 117 Å². The van der Waals surface area contributed by atoms with Crippen molar-refractivity contribution in [3.05, 3.63) is 54.2 Å². The molecule has 0 saturated heterocycles. The van der Waals surface area contributed by atoms with E-state index in [0.29, 0.717) is 0 Å². The third-order valence-corrected chi connectivity index (χ3v) is 4.86. The minimum atomic E-state index is -0.801. The summed E-state index contributed by atoms with van der Waals surface area (Å²) in [6.07, 6.45) is 1.83. The van der Waals surface area contributed by atoms with Crippen LogP contribution >= 0.6 is 0 Å². The number of carbonyl (C=O) groups is 4. The zero-order chi connectivity index (χ0) is 23.7. The first-order chi connectivity index (χ1) is 15.2. The van der Waals surface area contributed by atoms with Gasteiger partial charge in [-0.2, -0.15) is 0 Å². The molecule has 0 spiro atoms. The van der Waals surface area contributed by atoms with Gasteiger partial charge in [-0.15, -0.1) is 0 Å². The number of hydrogen-bond donors (Lipinski definition) is 3. The Bertz CT molecular complexity index is 959. The third-order valence-electron chi connectivity index (χ3n) is 4.86. The number of nitrogens with zero attached hydrogens (tertiary/aromatic N) is 1. The number of hydrogen-bond acceptors (Lipinski definition) is 5. The Morgan fingerprint density at radius 1 is 0.969 bits per heavy atom. The maximum atomic E-state index is 12.4. The highest BCUT2D eigenvalue weighted by Crippen LogP contribution is 2.17. The number of pyridine rings is 1. The lowest BCUT2D eigenvalue weighted by Gasteiger charge is -2.23. The van der Waals surface area contributed by atoms with Crippen LogP contribution in [0.3, 0.4) is 0 Å². The van der Waals surface area contributed by atoms with Gasteiger partial charge in [-0.25, -0.2) is 0 Å². The van der Waals surface area contributed by atoms with Crippen molar-refractivity contribution in [2.75, 3.05) is 6.54 Å². The molecule has 0 radical (unpaired) electrons. The van der Waals surface area contributed by atoms with Crippen molar-refractivity contribution >= 4 is 23.5 Å². The monoisotopic (exact) mass is 438 g/mol. The number of carbonyl (C=O) groups excluding carboxylic acids is 4. The Morgan fingerprint density at radius 3 is 2.34 bits per heavy atom. The summed E-state index contributed by atoms with van der Waals surface area (Å²) in [6, 6.07) is 11.6. The Hall–Kier alpha value is -3.55. The number of amides is 3. The predicted octanol–water partition coefficient (Wildman–Crippen LogP) is 1.64. The van der Waals surface area contributed by atoms with Crippen molar-refractivity contribution in [1.82, 2.24) is 20.9 Å². The lowest BCUT2D eigenvalue weighted by molar-refractivity contribution is -0.132. The highest BCUT2D eigenvalue weighted by molar-refractivity contribution is 5.94. The molecule has 2 aromatic rings. The molecular weight excluding hydrogens is 408 g/mol. The summed E-state index contributed by atoms with van der Waals surface area (Å²) in [5.41, 5.74) is 2.52. The van der Waals surface area contributed by atoms with Crippen LogP contribution in [0, 0.1) is 5.92 Å². The second-order valence-corrected chi connectivity index (χ2v) is 7.99. The van der Waals surface area contributed by atoms with Gasteiger partial charge in [0.1, 0.15) is 6.04 Å². The number of benzene rings is 1. The van der Waals surface area contributed by atoms with Gasteiger partial charge < -0.3 is 16.0 Å². The smallest absolute Gasteiger partial charge is 0.243 e. The van der Waals surface area contributed by atoms with Crippen LogP contribution in [0.1, 0.15) is 33.3 Å². The van der Waals surface area contributed by atoms with Crippen LogP contribution in [0.2, 0.25) is 0 Å². The minimum absolute atomic E-state index is 0.118. The number of aromatic nitrogens is 1. The molecule has 2 atom stereocenters. The van der Waals surface area contributed by atoms with Crippen LogP contribution in [0.4, 0.5) is 0 Å². The zero-order valence-corrected chi connectivity index (χ0v) is 18.8. The molecule has 1 aromatic heterocycles. The van der Waals surface area contributed by atoms with E-state index in [-0.39, 0.29) is 36.5 Å². The van der Waals surface area contributed by atoms with E-state index < -0.39 is 18.0 Å². The average Bonchev–Trinajstić information content (AvgIpc) is 2.76. The molecule has 0 bridgehead atoms. The van der Waals surface area contributed by atoms with Crippen molar-refractivity contribution in [2.45, 2.75) is 46.2 Å². The molecule has 1 unspecified atom stereocenters. The van der Waals surface area contributed by atoms with Gasteiger partial charge in [-0.1, -0.05) is 38.1 Å². The van der Waals surface area contributed by atoms with E-state index in [1.807, 2.05) is 42.5 Å². The lowest BCUT2D eigenvalue weighted by Crippen LogP contribution is -2.53. The standard InChI is InChI=1S/C24H30N4O4/c1-15(2)23(28-17(4)29)24(32)27-16(3)21(30)14-26-22(31)13-18-8-7-9-19(12-18)20-10-5-6-11-25-20/h5-12,15-16,23H,13-14H2,1-4H3,(H,26,31)(H,27,32)(H,28,29)/t16?,23-/m0/s1. The van der Waals surface area contributed by atoms with Crippen LogP contribution < -0.4 is 16.0 Å². The SMILES string of the molecule is CC(=O)N[C@H](C(=O)NC(C)C(=O)CNC(=O)Cc1cccc(-c2ccccn2)c1)C(C)C. The van der Waals surface area contributed by atoms with Gasteiger partial charge in [0.2, 0.25) is 17.7 Å². The van der Waals surface area contributed by atoms with Gasteiger partial charge in [0.25, 0.3) is 0 Å². The summed E-state index contributed by atoms with van der Waals surface area (Å²) in [7, 11) is 0. The van der Waals surface area contributed by atoms with E-state index in [1.54, 1.807) is 27.0 Å². The van der Waals surface area contributed by atoms with Crippen molar-refractivity contribution in [3.8, 4) is 11.3 Å². The van der Waals surface area contributed by atoms with Gasteiger partial charge in [0.05, 0.1) is 24.7 Å². The summed E-state index contributed by atoms with van der Waals surface area (Å²) in [5.74, 6) is -1.53. The van der Waals surface area contributed by atoms with Gasteiger partial charge >= 0.3 is 0 Å². The highest BCUT2D eigenvalue weighted by atomic mass is 16.2. The maximum absolute atomic E-state index is 12.4. The van der Waals surface area contributed by atoms with E-state index in [4.69, 9.17) is 0 Å². The number of nitrogens with one attached hydrogen (secondary N) is 3. The highest BCUT2D eigenvalue weighted by Gasteiger charge is 2.26. The molecule has 0 saturated carbocycles. The molecule has 2 rings (SSSR count). The van der Waals surface area contributed by atoms with Crippen molar-refractivity contribution in [2.24, 2.45) is 5.92 Å². The Balaban J connectivity index is 1.86. The van der Waals surface area contributed by atoms with Crippen LogP contribution in [0.15, 0.2) is 48.7 Å². The summed E-state index contributed by atoms with van der Waals surface area (Å²) in [5, 5.41) is 7.79. The molecule has 0 aliphatic rings. The molecule has 8 heteroatoms. The molecule has 8 nitrogen and oxygen atoms in total. The molecule has 1 aromatic carbocycles. The Labute approximate surface area is 188 Å². The fourth-order valence-corrected chi connectivity index (χ4v) is 3.10. The molecule has 0 fully saturated rings. The molecule has 170 valence electrons. The number of Topliss-reactive ketones (excluding diaryl/α,β-unsaturated/α-hetero) is 1. The first-order valence-electron chi connectivity index (χ1n) is 10.5. The lowest BCUT2D eigenvalue weighted by atomic mass is 10.0. The molecule has 3 N–H and O–H groups in total. The molecule has 32 heavy (non-hydrogen) atoms. The number of ketones is 1. The zero-order valence-electron chi connectivity index (χ0n) is 18.8. The van der Waals surface area contributed by atoms with Crippen LogP contribution in [-0.2, 0) is 25.6 Å². The summed E-state index contributed by atoms with van der Waals surface area (Å²) in [4.78, 5) is 52.7. The second-order valence-electron chi connectivity index (χ2n) is 7.99. The van der Waals surface area contributed by atoms with Gasteiger partial charge in [0.15, 0.2) is 5.78 Å². The largest absolute Gasteiger partial charge is 0.349 e. The van der Waals surface area contributed by atoms with E-state index >= 15 is 0 Å². The van der Waals surface area contributed by atoms with Crippen molar-refractivity contribution in [1.29, 1.82) is 0 Å². The molecular formula is C24H30N4O4. The molecule has 0 aliphatic carbocycles. The maximum Gasteiger partial charge on any atom is 0.243 e. The minimum Gasteiger partial charge on any atom is -0.349 e. The second kappa shape index (κ2) is 11.7. The Kier molecular flexibility index (Phi) is 9.07. The molecule has 1 heterocycles. The van der Waals surface area contributed by atoms with Crippen molar-refractivity contribution in [3.63, 3.8) is 0 Å². The van der Waals surface area contributed by atoms with Crippen LogP contribution in [-0.4, -0.2) is 47.1 Å². The van der Waals surface area contributed by atoms with Crippen LogP contribution in [0.25, 0.3) is 11.3 Å². The summed E-state index contributed by atoms with van der Waals surface area (Å²) >= 11 is 0. The van der Waals surface area contributed by atoms with E-state index in [0.717, 1.165) is 16.8 Å². The average molecular weight is 439 g/mol.